The lowest BCUT2D eigenvalue weighted by Gasteiger charge is -2.25. The molecule has 0 unspecified atom stereocenters. The molecule has 0 saturated carbocycles. The number of ether oxygens (including phenoxy) is 1. The molecule has 0 aliphatic carbocycles. The lowest BCUT2D eigenvalue weighted by molar-refractivity contribution is 0.398. The molecule has 0 saturated heterocycles. The minimum absolute atomic E-state index is 0.182. The largest absolute Gasteiger partial charge is 0.495 e. The molecule has 0 amide bonds. The highest BCUT2D eigenvalue weighted by molar-refractivity contribution is 7.89. The van der Waals surface area contributed by atoms with Crippen LogP contribution in [0.3, 0.4) is 0 Å². The van der Waals surface area contributed by atoms with Crippen LogP contribution in [0, 0.1) is 0 Å². The summed E-state index contributed by atoms with van der Waals surface area (Å²) >= 11 is 0. The van der Waals surface area contributed by atoms with Gasteiger partial charge in [0.1, 0.15) is 10.6 Å². The van der Waals surface area contributed by atoms with E-state index in [4.69, 9.17) is 4.74 Å². The average Bonchev–Trinajstić information content (AvgIpc) is 2.43. The molecule has 0 radical (unpaired) electrons. The summed E-state index contributed by atoms with van der Waals surface area (Å²) < 4.78 is 33.1. The molecule has 1 rings (SSSR count). The number of benzene rings is 1. The molecule has 0 aliphatic heterocycles. The zero-order chi connectivity index (χ0) is 16.1. The van der Waals surface area contributed by atoms with Gasteiger partial charge in [0.2, 0.25) is 10.0 Å². The second-order valence-electron chi connectivity index (χ2n) is 5.61. The summed E-state index contributed by atoms with van der Waals surface area (Å²) in [6.07, 6.45) is 0.700. The van der Waals surface area contributed by atoms with Crippen LogP contribution >= 0.6 is 0 Å². The smallest absolute Gasteiger partial charge is 0.244 e. The molecular formula is C15H26N2O3S. The summed E-state index contributed by atoms with van der Waals surface area (Å²) in [7, 11) is -2.15. The van der Waals surface area contributed by atoms with Crippen LogP contribution in [0.4, 0.5) is 0 Å². The van der Waals surface area contributed by atoms with Crippen LogP contribution in [0.25, 0.3) is 0 Å². The third-order valence-corrected chi connectivity index (χ3v) is 5.11. The monoisotopic (exact) mass is 314 g/mol. The molecule has 0 fully saturated rings. The molecule has 1 aromatic carbocycles. The second-order valence-corrected chi connectivity index (χ2v) is 7.26. The number of rotatable bonds is 8. The predicted molar refractivity (Wildman–Crippen MR) is 85.1 cm³/mol. The number of nitrogens with one attached hydrogen (secondary N) is 2. The van der Waals surface area contributed by atoms with E-state index in [1.54, 1.807) is 12.1 Å². The van der Waals surface area contributed by atoms with Gasteiger partial charge in [-0.05, 0) is 44.5 Å². The van der Waals surface area contributed by atoms with E-state index in [9.17, 15) is 8.42 Å². The van der Waals surface area contributed by atoms with E-state index in [0.29, 0.717) is 18.7 Å². The number of sulfonamides is 1. The topological polar surface area (TPSA) is 67.4 Å². The Kier molecular flexibility index (Phi) is 6.19. The maximum absolute atomic E-state index is 12.6. The van der Waals surface area contributed by atoms with Crippen LogP contribution in [-0.4, -0.2) is 27.6 Å². The Morgan fingerprint density at radius 1 is 1.24 bits per heavy atom. The van der Waals surface area contributed by atoms with Crippen LogP contribution in [0.5, 0.6) is 5.75 Å². The van der Waals surface area contributed by atoms with Crippen molar-refractivity contribution in [1.29, 1.82) is 0 Å². The van der Waals surface area contributed by atoms with Gasteiger partial charge in [0, 0.05) is 12.1 Å². The highest BCUT2D eigenvalue weighted by Gasteiger charge is 2.27. The van der Waals surface area contributed by atoms with Gasteiger partial charge in [-0.15, -0.1) is 0 Å². The number of hydrogen-bond donors (Lipinski definition) is 2. The molecule has 1 aromatic rings. The Balaban J connectivity index is 3.19. The normalized spacial score (nSPS) is 12.4. The fourth-order valence-electron chi connectivity index (χ4n) is 1.80. The van der Waals surface area contributed by atoms with E-state index in [1.807, 2.05) is 33.8 Å². The number of hydrogen-bond acceptors (Lipinski definition) is 4. The van der Waals surface area contributed by atoms with Crippen molar-refractivity contribution < 1.29 is 13.2 Å². The van der Waals surface area contributed by atoms with Crippen molar-refractivity contribution >= 4 is 10.0 Å². The van der Waals surface area contributed by atoms with Gasteiger partial charge < -0.3 is 10.1 Å². The standard InChI is InChI=1S/C15H26N2O3S/c1-6-15(3,4)17-21(18,19)14-10-12(11-16-7-2)8-9-13(14)20-5/h8-10,16-17H,6-7,11H2,1-5H3. The minimum Gasteiger partial charge on any atom is -0.495 e. The molecule has 120 valence electrons. The molecule has 0 atom stereocenters. The van der Waals surface area contributed by atoms with E-state index >= 15 is 0 Å². The van der Waals surface area contributed by atoms with E-state index in [1.165, 1.54) is 7.11 Å². The molecule has 0 aromatic heterocycles. The van der Waals surface area contributed by atoms with Crippen molar-refractivity contribution in [2.24, 2.45) is 0 Å². The van der Waals surface area contributed by atoms with E-state index in [2.05, 4.69) is 10.0 Å². The molecule has 0 spiro atoms. The first-order valence-corrected chi connectivity index (χ1v) is 8.65. The Morgan fingerprint density at radius 2 is 1.90 bits per heavy atom. The highest BCUT2D eigenvalue weighted by Crippen LogP contribution is 2.26. The first-order chi connectivity index (χ1) is 9.75. The fraction of sp³-hybridized carbons (Fsp3) is 0.600. The molecule has 5 nitrogen and oxygen atoms in total. The third-order valence-electron chi connectivity index (χ3n) is 3.39. The van der Waals surface area contributed by atoms with E-state index < -0.39 is 15.6 Å². The summed E-state index contributed by atoms with van der Waals surface area (Å²) in [5, 5.41) is 3.18. The summed E-state index contributed by atoms with van der Waals surface area (Å²) in [4.78, 5) is 0.182. The fourth-order valence-corrected chi connectivity index (χ4v) is 3.51. The maximum atomic E-state index is 12.6. The Morgan fingerprint density at radius 3 is 2.43 bits per heavy atom. The first kappa shape index (κ1) is 17.9. The van der Waals surface area contributed by atoms with Crippen LogP contribution in [0.1, 0.15) is 39.7 Å². The van der Waals surface area contributed by atoms with Gasteiger partial charge in [-0.3, -0.25) is 0 Å². The van der Waals surface area contributed by atoms with Crippen molar-refractivity contribution in [3.05, 3.63) is 23.8 Å². The molecule has 0 aliphatic rings. The van der Waals surface area contributed by atoms with E-state index in [0.717, 1.165) is 12.1 Å². The molecule has 0 heterocycles. The van der Waals surface area contributed by atoms with Gasteiger partial charge >= 0.3 is 0 Å². The van der Waals surface area contributed by atoms with Crippen molar-refractivity contribution in [3.8, 4) is 5.75 Å². The molecule has 6 heteroatoms. The third kappa shape index (κ3) is 4.98. The van der Waals surface area contributed by atoms with Crippen LogP contribution in [0.15, 0.2) is 23.1 Å². The Bertz CT molecular complexity index is 568. The van der Waals surface area contributed by atoms with Crippen molar-refractivity contribution in [1.82, 2.24) is 10.0 Å². The van der Waals surface area contributed by atoms with Crippen molar-refractivity contribution in [2.45, 2.75) is 51.1 Å². The maximum Gasteiger partial charge on any atom is 0.244 e. The quantitative estimate of drug-likeness (QED) is 0.772. The van der Waals surface area contributed by atoms with Crippen LogP contribution in [-0.2, 0) is 16.6 Å². The lowest BCUT2D eigenvalue weighted by atomic mass is 10.0. The second kappa shape index (κ2) is 7.24. The molecule has 0 bridgehead atoms. The summed E-state index contributed by atoms with van der Waals surface area (Å²) in [5.41, 5.74) is 0.411. The van der Waals surface area contributed by atoms with Gasteiger partial charge in [-0.25, -0.2) is 13.1 Å². The number of methoxy groups -OCH3 is 1. The zero-order valence-electron chi connectivity index (χ0n) is 13.5. The van der Waals surface area contributed by atoms with Gasteiger partial charge in [0.25, 0.3) is 0 Å². The minimum atomic E-state index is -3.62. The van der Waals surface area contributed by atoms with Crippen molar-refractivity contribution in [3.63, 3.8) is 0 Å². The van der Waals surface area contributed by atoms with Gasteiger partial charge in [0.15, 0.2) is 0 Å². The molecule has 2 N–H and O–H groups in total. The highest BCUT2D eigenvalue weighted by atomic mass is 32.2. The van der Waals surface area contributed by atoms with Crippen molar-refractivity contribution in [2.75, 3.05) is 13.7 Å². The average molecular weight is 314 g/mol. The van der Waals surface area contributed by atoms with E-state index in [-0.39, 0.29) is 4.90 Å². The Labute approximate surface area is 128 Å². The lowest BCUT2D eigenvalue weighted by Crippen LogP contribution is -2.42. The SMILES string of the molecule is CCNCc1ccc(OC)c(S(=O)(=O)NC(C)(C)CC)c1. The Hall–Kier alpha value is -1.11. The molecular weight excluding hydrogens is 288 g/mol. The summed E-state index contributed by atoms with van der Waals surface area (Å²) in [6.45, 7) is 9.13. The summed E-state index contributed by atoms with van der Waals surface area (Å²) in [6, 6.07) is 5.22. The molecule has 21 heavy (non-hydrogen) atoms. The zero-order valence-corrected chi connectivity index (χ0v) is 14.3. The van der Waals surface area contributed by atoms with Gasteiger partial charge in [0.05, 0.1) is 7.11 Å². The van der Waals surface area contributed by atoms with Crippen LogP contribution in [0.2, 0.25) is 0 Å². The first-order valence-electron chi connectivity index (χ1n) is 7.17. The van der Waals surface area contributed by atoms with Gasteiger partial charge in [-0.1, -0.05) is 19.9 Å². The van der Waals surface area contributed by atoms with Crippen LogP contribution < -0.4 is 14.8 Å². The summed E-state index contributed by atoms with van der Waals surface area (Å²) in [5.74, 6) is 0.356. The predicted octanol–water partition coefficient (Wildman–Crippen LogP) is 2.27. The van der Waals surface area contributed by atoms with Gasteiger partial charge in [-0.2, -0.15) is 0 Å².